The number of hydrogen-bond acceptors (Lipinski definition) is 3. The zero-order chi connectivity index (χ0) is 14.5. The first kappa shape index (κ1) is 14.6. The van der Waals surface area contributed by atoms with E-state index in [4.69, 9.17) is 27.9 Å². The minimum atomic E-state index is -0.336. The molecule has 0 saturated carbocycles. The Morgan fingerprint density at radius 1 is 1.35 bits per heavy atom. The van der Waals surface area contributed by atoms with E-state index in [1.807, 2.05) is 13.0 Å². The number of pyridine rings is 1. The molecule has 0 atom stereocenters. The summed E-state index contributed by atoms with van der Waals surface area (Å²) >= 11 is 11.8. The smallest absolute Gasteiger partial charge is 0.262 e. The molecule has 104 valence electrons. The molecular weight excluding hydrogens is 299 g/mol. The van der Waals surface area contributed by atoms with Crippen LogP contribution in [-0.4, -0.2) is 17.5 Å². The van der Waals surface area contributed by atoms with Crippen molar-refractivity contribution in [3.05, 3.63) is 52.3 Å². The largest absolute Gasteiger partial charge is 0.482 e. The van der Waals surface area contributed by atoms with E-state index < -0.39 is 0 Å². The molecule has 0 radical (unpaired) electrons. The second-order valence-electron chi connectivity index (χ2n) is 4.11. The molecule has 0 aliphatic heterocycles. The molecule has 0 bridgehead atoms. The summed E-state index contributed by atoms with van der Waals surface area (Å²) in [6.45, 7) is 1.76. The van der Waals surface area contributed by atoms with Crippen LogP contribution < -0.4 is 10.1 Å². The van der Waals surface area contributed by atoms with Gasteiger partial charge in [-0.2, -0.15) is 0 Å². The first-order valence-corrected chi connectivity index (χ1v) is 6.61. The fourth-order valence-corrected chi connectivity index (χ4v) is 1.87. The summed E-state index contributed by atoms with van der Waals surface area (Å²) in [5, 5.41) is 3.30. The summed E-state index contributed by atoms with van der Waals surface area (Å²) in [6, 6.07) is 8.70. The number of aryl methyl sites for hydroxylation is 1. The maximum absolute atomic E-state index is 11.8. The second-order valence-corrected chi connectivity index (χ2v) is 4.88. The molecule has 0 saturated heterocycles. The van der Waals surface area contributed by atoms with Gasteiger partial charge in [0.05, 0.1) is 10.7 Å². The van der Waals surface area contributed by atoms with E-state index in [1.165, 1.54) is 0 Å². The van der Waals surface area contributed by atoms with Crippen molar-refractivity contribution in [1.82, 2.24) is 4.98 Å². The minimum Gasteiger partial charge on any atom is -0.482 e. The first-order valence-electron chi connectivity index (χ1n) is 5.85. The summed E-state index contributed by atoms with van der Waals surface area (Å²) in [6.07, 6.45) is 1.54. The molecular formula is C14H12Cl2N2O2. The van der Waals surface area contributed by atoms with Crippen LogP contribution >= 0.6 is 23.2 Å². The van der Waals surface area contributed by atoms with Crippen molar-refractivity contribution in [2.24, 2.45) is 0 Å². The molecule has 1 aromatic carbocycles. The van der Waals surface area contributed by atoms with E-state index in [2.05, 4.69) is 10.3 Å². The summed E-state index contributed by atoms with van der Waals surface area (Å²) in [5.41, 5.74) is 1.44. The summed E-state index contributed by atoms with van der Waals surface area (Å²) in [4.78, 5) is 15.6. The molecule has 2 rings (SSSR count). The van der Waals surface area contributed by atoms with Crippen LogP contribution in [0.1, 0.15) is 5.56 Å². The predicted octanol–water partition coefficient (Wildman–Crippen LogP) is 3.71. The van der Waals surface area contributed by atoms with Crippen molar-refractivity contribution in [3.8, 4) is 5.75 Å². The number of nitrogens with one attached hydrogen (secondary N) is 1. The number of hydrogen-bond donors (Lipinski definition) is 1. The van der Waals surface area contributed by atoms with Gasteiger partial charge in [0, 0.05) is 6.20 Å². The van der Waals surface area contributed by atoms with E-state index in [9.17, 15) is 4.79 Å². The summed E-state index contributed by atoms with van der Waals surface area (Å²) in [7, 11) is 0. The average Bonchev–Trinajstić information content (AvgIpc) is 2.42. The number of anilines is 1. The number of rotatable bonds is 4. The zero-order valence-electron chi connectivity index (χ0n) is 10.7. The number of amides is 1. The van der Waals surface area contributed by atoms with Crippen LogP contribution in [0, 0.1) is 6.92 Å². The van der Waals surface area contributed by atoms with Gasteiger partial charge in [-0.3, -0.25) is 4.79 Å². The van der Waals surface area contributed by atoms with Crippen molar-refractivity contribution in [3.63, 3.8) is 0 Å². The number of halogens is 2. The molecule has 0 spiro atoms. The molecule has 1 aromatic heterocycles. The Labute approximate surface area is 126 Å². The Bertz CT molecular complexity index is 632. The standard InChI is InChI=1S/C14H12Cl2N2O2/c1-9-4-5-10(15)12(7-9)20-8-13(19)18-11-3-2-6-17-14(11)16/h2-7H,8H2,1H3,(H,18,19). The molecule has 0 unspecified atom stereocenters. The zero-order valence-corrected chi connectivity index (χ0v) is 12.2. The average molecular weight is 311 g/mol. The molecule has 4 nitrogen and oxygen atoms in total. The van der Waals surface area contributed by atoms with Gasteiger partial charge in [-0.25, -0.2) is 4.98 Å². The van der Waals surface area contributed by atoms with E-state index in [0.717, 1.165) is 5.56 Å². The number of nitrogens with zero attached hydrogens (tertiary/aromatic N) is 1. The Balaban J connectivity index is 1.96. The fourth-order valence-electron chi connectivity index (χ4n) is 1.53. The van der Waals surface area contributed by atoms with Gasteiger partial charge in [0.2, 0.25) is 0 Å². The lowest BCUT2D eigenvalue weighted by molar-refractivity contribution is -0.118. The van der Waals surface area contributed by atoms with Crippen molar-refractivity contribution in [2.75, 3.05) is 11.9 Å². The van der Waals surface area contributed by atoms with Gasteiger partial charge in [0.25, 0.3) is 5.91 Å². The molecule has 2 aromatic rings. The van der Waals surface area contributed by atoms with E-state index in [-0.39, 0.29) is 17.7 Å². The highest BCUT2D eigenvalue weighted by Crippen LogP contribution is 2.25. The van der Waals surface area contributed by atoms with Crippen LogP contribution in [0.3, 0.4) is 0 Å². The third-order valence-electron chi connectivity index (χ3n) is 2.48. The van der Waals surface area contributed by atoms with Crippen molar-refractivity contribution in [1.29, 1.82) is 0 Å². The Morgan fingerprint density at radius 3 is 2.90 bits per heavy atom. The predicted molar refractivity (Wildman–Crippen MR) is 79.6 cm³/mol. The maximum atomic E-state index is 11.8. The van der Waals surface area contributed by atoms with Gasteiger partial charge < -0.3 is 10.1 Å². The van der Waals surface area contributed by atoms with Gasteiger partial charge in [-0.1, -0.05) is 29.3 Å². The molecule has 1 N–H and O–H groups in total. The number of aromatic nitrogens is 1. The fraction of sp³-hybridized carbons (Fsp3) is 0.143. The van der Waals surface area contributed by atoms with E-state index >= 15 is 0 Å². The molecule has 0 aliphatic rings. The van der Waals surface area contributed by atoms with Crippen LogP contribution in [0.4, 0.5) is 5.69 Å². The Morgan fingerprint density at radius 2 is 2.15 bits per heavy atom. The topological polar surface area (TPSA) is 51.2 Å². The molecule has 1 heterocycles. The van der Waals surface area contributed by atoms with Gasteiger partial charge in [-0.15, -0.1) is 0 Å². The van der Waals surface area contributed by atoms with Crippen LogP contribution in [0.2, 0.25) is 10.2 Å². The van der Waals surface area contributed by atoms with Crippen LogP contribution in [0.5, 0.6) is 5.75 Å². The monoisotopic (exact) mass is 310 g/mol. The highest BCUT2D eigenvalue weighted by Gasteiger charge is 2.08. The molecule has 20 heavy (non-hydrogen) atoms. The number of benzene rings is 1. The highest BCUT2D eigenvalue weighted by atomic mass is 35.5. The third kappa shape index (κ3) is 3.85. The number of carbonyl (C=O) groups is 1. The maximum Gasteiger partial charge on any atom is 0.262 e. The highest BCUT2D eigenvalue weighted by molar-refractivity contribution is 6.32. The van der Waals surface area contributed by atoms with Crippen molar-refractivity contribution >= 4 is 34.8 Å². The van der Waals surface area contributed by atoms with Crippen molar-refractivity contribution in [2.45, 2.75) is 6.92 Å². The van der Waals surface area contributed by atoms with Crippen LogP contribution in [0.25, 0.3) is 0 Å². The lowest BCUT2D eigenvalue weighted by Crippen LogP contribution is -2.20. The second kappa shape index (κ2) is 6.59. The number of carbonyl (C=O) groups excluding carboxylic acids is 1. The number of ether oxygens (including phenoxy) is 1. The first-order chi connectivity index (χ1) is 9.56. The van der Waals surface area contributed by atoms with E-state index in [1.54, 1.807) is 30.5 Å². The summed E-state index contributed by atoms with van der Waals surface area (Å²) < 4.78 is 5.38. The SMILES string of the molecule is Cc1ccc(Cl)c(OCC(=O)Nc2cccnc2Cl)c1. The third-order valence-corrected chi connectivity index (χ3v) is 3.09. The molecule has 0 fully saturated rings. The minimum absolute atomic E-state index is 0.158. The molecule has 1 amide bonds. The normalized spacial score (nSPS) is 10.2. The van der Waals surface area contributed by atoms with Gasteiger partial charge >= 0.3 is 0 Å². The van der Waals surface area contributed by atoms with Gasteiger partial charge in [-0.05, 0) is 36.8 Å². The quantitative estimate of drug-likeness (QED) is 0.876. The Kier molecular flexibility index (Phi) is 4.82. The van der Waals surface area contributed by atoms with Crippen LogP contribution in [-0.2, 0) is 4.79 Å². The van der Waals surface area contributed by atoms with E-state index in [0.29, 0.717) is 16.5 Å². The van der Waals surface area contributed by atoms with Gasteiger partial charge in [0.15, 0.2) is 11.8 Å². The molecule has 0 aliphatic carbocycles. The molecule has 6 heteroatoms. The Hall–Kier alpha value is -1.78. The lowest BCUT2D eigenvalue weighted by Gasteiger charge is -2.09. The summed E-state index contributed by atoms with van der Waals surface area (Å²) in [5.74, 6) is 0.136. The lowest BCUT2D eigenvalue weighted by atomic mass is 10.2. The van der Waals surface area contributed by atoms with Crippen molar-refractivity contribution < 1.29 is 9.53 Å². The van der Waals surface area contributed by atoms with Crippen LogP contribution in [0.15, 0.2) is 36.5 Å². The van der Waals surface area contributed by atoms with Gasteiger partial charge in [0.1, 0.15) is 5.75 Å².